The molecule has 1 aromatic carbocycles. The van der Waals surface area contributed by atoms with Crippen LogP contribution in [0.4, 0.5) is 15.9 Å². The molecule has 3 aromatic rings. The fraction of sp³-hybridized carbons (Fsp3) is 0.176. The molecule has 0 aliphatic heterocycles. The number of amides is 1. The molecule has 0 radical (unpaired) electrons. The number of carbonyl (C=O) groups is 1. The van der Waals surface area contributed by atoms with E-state index in [2.05, 4.69) is 15.3 Å². The number of aromatic nitrogens is 2. The van der Waals surface area contributed by atoms with Crippen LogP contribution in [0.2, 0.25) is 0 Å². The number of hydrogen-bond acceptors (Lipinski definition) is 7. The topological polar surface area (TPSA) is 114 Å². The van der Waals surface area contributed by atoms with Crippen LogP contribution in [0.3, 0.4) is 0 Å². The van der Waals surface area contributed by atoms with Gasteiger partial charge in [-0.15, -0.1) is 11.3 Å². The number of aryl methyl sites for hydroxylation is 1. The minimum Gasteiger partial charge on any atom is -0.490 e. The third-order valence-electron chi connectivity index (χ3n) is 3.62. The van der Waals surface area contributed by atoms with Gasteiger partial charge in [0.25, 0.3) is 5.91 Å². The van der Waals surface area contributed by atoms with E-state index < -0.39 is 11.7 Å². The summed E-state index contributed by atoms with van der Waals surface area (Å²) >= 11 is 1.19. The van der Waals surface area contributed by atoms with Crippen LogP contribution in [0.1, 0.15) is 21.7 Å². The first-order valence-electron chi connectivity index (χ1n) is 7.61. The van der Waals surface area contributed by atoms with E-state index in [0.717, 1.165) is 0 Å². The van der Waals surface area contributed by atoms with Crippen molar-refractivity contribution in [1.82, 2.24) is 9.97 Å². The molecule has 1 amide bonds. The Labute approximate surface area is 152 Å². The van der Waals surface area contributed by atoms with Gasteiger partial charge in [-0.3, -0.25) is 4.79 Å². The Kier molecular flexibility index (Phi) is 4.95. The molecular weight excluding hydrogens is 357 g/mol. The lowest BCUT2D eigenvalue weighted by Gasteiger charge is -2.13. The second kappa shape index (κ2) is 7.33. The Hall–Kier alpha value is -3.25. The monoisotopic (exact) mass is 371 g/mol. The van der Waals surface area contributed by atoms with Gasteiger partial charge >= 0.3 is 0 Å². The third-order valence-corrected chi connectivity index (χ3v) is 4.83. The van der Waals surface area contributed by atoms with E-state index in [4.69, 9.17) is 15.7 Å². The number of thiophene rings is 1. The van der Waals surface area contributed by atoms with Crippen molar-refractivity contribution in [2.45, 2.75) is 13.3 Å². The molecule has 2 aromatic heterocycles. The second-order valence-corrected chi connectivity index (χ2v) is 6.34. The van der Waals surface area contributed by atoms with Crippen molar-refractivity contribution in [2.24, 2.45) is 5.73 Å². The van der Waals surface area contributed by atoms with Crippen molar-refractivity contribution in [1.29, 1.82) is 5.26 Å². The highest BCUT2D eigenvalue weighted by Gasteiger charge is 2.18. The molecule has 0 spiro atoms. The molecule has 0 unspecified atom stereocenters. The van der Waals surface area contributed by atoms with Crippen molar-refractivity contribution in [2.75, 3.05) is 11.9 Å². The molecule has 0 aliphatic rings. The van der Waals surface area contributed by atoms with Crippen LogP contribution in [-0.4, -0.2) is 22.5 Å². The van der Waals surface area contributed by atoms with Gasteiger partial charge in [-0.25, -0.2) is 14.4 Å². The molecule has 7 nitrogen and oxygen atoms in total. The van der Waals surface area contributed by atoms with Gasteiger partial charge in [0.1, 0.15) is 35.1 Å². The normalized spacial score (nSPS) is 10.5. The number of nitriles is 1. The zero-order valence-electron chi connectivity index (χ0n) is 13.7. The highest BCUT2D eigenvalue weighted by atomic mass is 32.1. The van der Waals surface area contributed by atoms with E-state index in [1.54, 1.807) is 6.92 Å². The van der Waals surface area contributed by atoms with Crippen LogP contribution in [0.15, 0.2) is 24.5 Å². The Morgan fingerprint density at radius 2 is 2.27 bits per heavy atom. The van der Waals surface area contributed by atoms with Crippen molar-refractivity contribution >= 4 is 39.0 Å². The number of nitrogens with two attached hydrogens (primary N) is 1. The number of nitrogens with one attached hydrogen (secondary N) is 1. The third kappa shape index (κ3) is 3.41. The maximum Gasteiger partial charge on any atom is 0.259 e. The van der Waals surface area contributed by atoms with Gasteiger partial charge in [-0.1, -0.05) is 0 Å². The summed E-state index contributed by atoms with van der Waals surface area (Å²) in [5.74, 6) is -0.278. The number of hydrogen-bond donors (Lipinski definition) is 2. The Morgan fingerprint density at radius 1 is 1.46 bits per heavy atom. The minimum atomic E-state index is -0.529. The molecule has 26 heavy (non-hydrogen) atoms. The number of rotatable bonds is 6. The van der Waals surface area contributed by atoms with Crippen LogP contribution in [0, 0.1) is 24.1 Å². The van der Waals surface area contributed by atoms with Gasteiger partial charge in [0.15, 0.2) is 0 Å². The van der Waals surface area contributed by atoms with Gasteiger partial charge < -0.3 is 15.8 Å². The second-order valence-electron chi connectivity index (χ2n) is 5.34. The lowest BCUT2D eigenvalue weighted by molar-refractivity contribution is 0.100. The summed E-state index contributed by atoms with van der Waals surface area (Å²) in [5.41, 5.74) is 6.56. The summed E-state index contributed by atoms with van der Waals surface area (Å²) in [6.45, 7) is 1.90. The van der Waals surface area contributed by atoms with Crippen LogP contribution >= 0.6 is 11.3 Å². The van der Waals surface area contributed by atoms with Crippen LogP contribution in [0.5, 0.6) is 5.75 Å². The van der Waals surface area contributed by atoms with Gasteiger partial charge in [-0.2, -0.15) is 5.26 Å². The Balaban J connectivity index is 2.02. The van der Waals surface area contributed by atoms with E-state index in [1.807, 2.05) is 6.07 Å². The first-order chi connectivity index (χ1) is 12.5. The number of ether oxygens (including phenoxy) is 1. The standard InChI is InChI=1S/C17H14FN5O2S/c1-9-13-16(21-8-22-17(13)26-14(9)15(20)24)23-11-4-3-10(18)7-12(11)25-6-2-5-19/h3-4,7-8H,2,6H2,1H3,(H2,20,24)(H,21,22,23). The maximum atomic E-state index is 13.6. The van der Waals surface area contributed by atoms with E-state index in [9.17, 15) is 9.18 Å². The zero-order chi connectivity index (χ0) is 18.7. The first kappa shape index (κ1) is 17.6. The van der Waals surface area contributed by atoms with Crippen LogP contribution < -0.4 is 15.8 Å². The highest BCUT2D eigenvalue weighted by molar-refractivity contribution is 7.20. The van der Waals surface area contributed by atoms with Crippen molar-refractivity contribution in [3.63, 3.8) is 0 Å². The van der Waals surface area contributed by atoms with Crippen LogP contribution in [-0.2, 0) is 0 Å². The molecule has 3 rings (SSSR count). The Bertz CT molecular complexity index is 1030. The zero-order valence-corrected chi connectivity index (χ0v) is 14.6. The van der Waals surface area contributed by atoms with Gasteiger partial charge in [0, 0.05) is 6.07 Å². The van der Waals surface area contributed by atoms with Gasteiger partial charge in [0.05, 0.1) is 28.4 Å². The van der Waals surface area contributed by atoms with E-state index in [1.165, 1.54) is 35.9 Å². The summed E-state index contributed by atoms with van der Waals surface area (Å²) in [7, 11) is 0. The average molecular weight is 371 g/mol. The average Bonchev–Trinajstić information content (AvgIpc) is 2.95. The molecular formula is C17H14FN5O2S. The predicted molar refractivity (Wildman–Crippen MR) is 96.1 cm³/mol. The smallest absolute Gasteiger partial charge is 0.259 e. The fourth-order valence-corrected chi connectivity index (χ4v) is 3.46. The van der Waals surface area contributed by atoms with E-state index in [-0.39, 0.29) is 18.8 Å². The summed E-state index contributed by atoms with van der Waals surface area (Å²) in [5, 5.41) is 12.4. The predicted octanol–water partition coefficient (Wildman–Crippen LogP) is 3.27. The molecule has 0 atom stereocenters. The highest BCUT2D eigenvalue weighted by Crippen LogP contribution is 2.36. The Morgan fingerprint density at radius 3 is 3.00 bits per heavy atom. The molecule has 0 fully saturated rings. The lowest BCUT2D eigenvalue weighted by Crippen LogP contribution is -2.10. The number of halogens is 1. The largest absolute Gasteiger partial charge is 0.490 e. The van der Waals surface area contributed by atoms with E-state index in [0.29, 0.717) is 32.2 Å². The maximum absolute atomic E-state index is 13.6. The quantitative estimate of drug-likeness (QED) is 0.643. The van der Waals surface area contributed by atoms with Crippen molar-refractivity contribution in [3.8, 4) is 11.8 Å². The molecule has 2 heterocycles. The summed E-state index contributed by atoms with van der Waals surface area (Å²) in [6, 6.07) is 5.99. The van der Waals surface area contributed by atoms with Crippen molar-refractivity contribution in [3.05, 3.63) is 40.8 Å². The number of carbonyl (C=O) groups excluding carboxylic acids is 1. The van der Waals surface area contributed by atoms with Crippen molar-refractivity contribution < 1.29 is 13.9 Å². The fourth-order valence-electron chi connectivity index (χ4n) is 2.45. The summed E-state index contributed by atoms with van der Waals surface area (Å²) < 4.78 is 19.0. The molecule has 0 saturated heterocycles. The molecule has 132 valence electrons. The van der Waals surface area contributed by atoms with Gasteiger partial charge in [0.2, 0.25) is 0 Å². The molecule has 9 heteroatoms. The number of primary amides is 1. The number of benzene rings is 1. The molecule has 0 bridgehead atoms. The van der Waals surface area contributed by atoms with Crippen LogP contribution in [0.25, 0.3) is 10.2 Å². The van der Waals surface area contributed by atoms with Gasteiger partial charge in [-0.05, 0) is 24.6 Å². The number of anilines is 2. The number of nitrogens with zero attached hydrogens (tertiary/aromatic N) is 3. The minimum absolute atomic E-state index is 0.136. The molecule has 0 aliphatic carbocycles. The molecule has 0 saturated carbocycles. The lowest BCUT2D eigenvalue weighted by atomic mass is 10.2. The van der Waals surface area contributed by atoms with E-state index >= 15 is 0 Å². The summed E-state index contributed by atoms with van der Waals surface area (Å²) in [6.07, 6.45) is 1.55. The first-order valence-corrected chi connectivity index (χ1v) is 8.43. The molecule has 3 N–H and O–H groups in total. The SMILES string of the molecule is Cc1c(C(N)=O)sc2ncnc(Nc3ccc(F)cc3OCCC#N)c12. The summed E-state index contributed by atoms with van der Waals surface area (Å²) in [4.78, 5) is 21.0. The number of fused-ring (bicyclic) bond motifs is 1.